The summed E-state index contributed by atoms with van der Waals surface area (Å²) < 4.78 is 8.09. The molecule has 1 aromatic heterocycles. The van der Waals surface area contributed by atoms with Crippen LogP contribution in [0, 0.1) is 0 Å². The predicted octanol–water partition coefficient (Wildman–Crippen LogP) is 3.95. The van der Waals surface area contributed by atoms with Gasteiger partial charge in [-0.15, -0.1) is 24.0 Å². The molecule has 2 aromatic rings. The Morgan fingerprint density at radius 1 is 1.10 bits per heavy atom. The number of nitrogens with zero attached hydrogens (tertiary/aromatic N) is 3. The van der Waals surface area contributed by atoms with Crippen LogP contribution in [0.1, 0.15) is 49.7 Å². The number of nitrogens with one attached hydrogen (secondary N) is 2. The minimum Gasteiger partial charge on any atom is -0.376 e. The van der Waals surface area contributed by atoms with Crippen molar-refractivity contribution in [2.75, 3.05) is 20.2 Å². The highest BCUT2D eigenvalue weighted by Crippen LogP contribution is 2.19. The van der Waals surface area contributed by atoms with Crippen molar-refractivity contribution < 1.29 is 4.74 Å². The summed E-state index contributed by atoms with van der Waals surface area (Å²) in [4.78, 5) is 8.38. The summed E-state index contributed by atoms with van der Waals surface area (Å²) in [6, 6.07) is 8.63. The number of hydrogen-bond acceptors (Lipinski definition) is 3. The molecule has 1 aliphatic rings. The third-order valence-electron chi connectivity index (χ3n) is 5.18. The Morgan fingerprint density at radius 3 is 2.48 bits per heavy atom. The normalized spacial score (nSPS) is 15.4. The number of benzene rings is 1. The van der Waals surface area contributed by atoms with Gasteiger partial charge < -0.3 is 19.9 Å². The largest absolute Gasteiger partial charge is 0.376 e. The molecule has 1 heterocycles. The summed E-state index contributed by atoms with van der Waals surface area (Å²) in [7, 11) is 1.80. The molecule has 1 fully saturated rings. The molecule has 1 aromatic carbocycles. The maximum Gasteiger partial charge on any atom is 0.191 e. The second-order valence-corrected chi connectivity index (χ2v) is 7.39. The summed E-state index contributed by atoms with van der Waals surface area (Å²) in [5, 5.41) is 6.71. The number of halogens is 1. The van der Waals surface area contributed by atoms with Gasteiger partial charge in [-0.3, -0.25) is 4.99 Å². The molecule has 0 unspecified atom stereocenters. The lowest BCUT2D eigenvalue weighted by atomic mass is 10.1. The van der Waals surface area contributed by atoms with Crippen molar-refractivity contribution >= 4 is 29.9 Å². The molecule has 0 amide bonds. The van der Waals surface area contributed by atoms with E-state index in [1.54, 1.807) is 13.2 Å². The third-order valence-corrected chi connectivity index (χ3v) is 5.18. The first-order chi connectivity index (χ1) is 13.8. The van der Waals surface area contributed by atoms with Gasteiger partial charge in [0.1, 0.15) is 0 Å². The number of ether oxygens (including phenoxy) is 1. The van der Waals surface area contributed by atoms with Gasteiger partial charge in [0, 0.05) is 39.1 Å². The van der Waals surface area contributed by atoms with E-state index in [-0.39, 0.29) is 24.0 Å². The van der Waals surface area contributed by atoms with E-state index < -0.39 is 0 Å². The monoisotopic (exact) mass is 511 g/mol. The zero-order valence-electron chi connectivity index (χ0n) is 17.3. The fraction of sp³-hybridized carbons (Fsp3) is 0.545. The van der Waals surface area contributed by atoms with Crippen LogP contribution >= 0.6 is 24.0 Å². The number of guanidine groups is 1. The molecule has 0 atom stereocenters. The first kappa shape index (κ1) is 23.7. The Morgan fingerprint density at radius 2 is 1.83 bits per heavy atom. The molecule has 6 nitrogen and oxygen atoms in total. The highest BCUT2D eigenvalue weighted by molar-refractivity contribution is 14.0. The van der Waals surface area contributed by atoms with Crippen LogP contribution in [0.2, 0.25) is 0 Å². The highest BCUT2D eigenvalue weighted by atomic mass is 127. The molecule has 0 aliphatic heterocycles. The Hall–Kier alpha value is -1.61. The van der Waals surface area contributed by atoms with Crippen LogP contribution in [0.25, 0.3) is 0 Å². The van der Waals surface area contributed by atoms with Gasteiger partial charge in [-0.1, -0.05) is 49.9 Å². The maximum absolute atomic E-state index is 6.03. The van der Waals surface area contributed by atoms with Gasteiger partial charge >= 0.3 is 0 Å². The second kappa shape index (κ2) is 13.6. The van der Waals surface area contributed by atoms with Gasteiger partial charge in [-0.05, 0) is 24.0 Å². The van der Waals surface area contributed by atoms with Gasteiger partial charge in [-0.25, -0.2) is 4.98 Å². The molecule has 0 bridgehead atoms. The van der Waals surface area contributed by atoms with Crippen LogP contribution in [0.5, 0.6) is 0 Å². The topological polar surface area (TPSA) is 63.5 Å². The quantitative estimate of drug-likeness (QED) is 0.185. The molecular weight excluding hydrogens is 477 g/mol. The minimum atomic E-state index is 0. The van der Waals surface area contributed by atoms with Crippen molar-refractivity contribution in [3.8, 4) is 0 Å². The van der Waals surface area contributed by atoms with Gasteiger partial charge in [0.05, 0.1) is 19.0 Å². The second-order valence-electron chi connectivity index (χ2n) is 7.39. The van der Waals surface area contributed by atoms with Crippen LogP contribution in [-0.4, -0.2) is 41.8 Å². The SMILES string of the molecule is CN=C(NCCOC1CCCCCC1)NCc1ccc(Cn2ccnc2)cc1.I. The third kappa shape index (κ3) is 8.74. The molecule has 29 heavy (non-hydrogen) atoms. The van der Waals surface area contributed by atoms with E-state index in [0.717, 1.165) is 32.2 Å². The average Bonchev–Trinajstić information content (AvgIpc) is 3.09. The van der Waals surface area contributed by atoms with Crippen molar-refractivity contribution in [3.05, 3.63) is 54.1 Å². The summed E-state index contributed by atoms with van der Waals surface area (Å²) in [6.45, 7) is 3.10. The Kier molecular flexibility index (Phi) is 11.1. The molecule has 3 rings (SSSR count). The summed E-state index contributed by atoms with van der Waals surface area (Å²) in [5.74, 6) is 0.812. The van der Waals surface area contributed by atoms with Crippen molar-refractivity contribution in [2.45, 2.75) is 57.7 Å². The molecule has 0 saturated heterocycles. The summed E-state index contributed by atoms with van der Waals surface area (Å²) in [5.41, 5.74) is 2.49. The van der Waals surface area contributed by atoms with Crippen LogP contribution < -0.4 is 10.6 Å². The smallest absolute Gasteiger partial charge is 0.191 e. The molecule has 1 saturated carbocycles. The van der Waals surface area contributed by atoms with E-state index >= 15 is 0 Å². The predicted molar refractivity (Wildman–Crippen MR) is 129 cm³/mol. The maximum atomic E-state index is 6.03. The number of aliphatic imine (C=N–C) groups is 1. The number of rotatable bonds is 8. The molecule has 0 spiro atoms. The lowest BCUT2D eigenvalue weighted by Gasteiger charge is -2.17. The summed E-state index contributed by atoms with van der Waals surface area (Å²) >= 11 is 0. The average molecular weight is 511 g/mol. The number of imidazole rings is 1. The first-order valence-electron chi connectivity index (χ1n) is 10.4. The van der Waals surface area contributed by atoms with E-state index in [2.05, 4.69) is 49.4 Å². The van der Waals surface area contributed by atoms with Crippen LogP contribution in [0.4, 0.5) is 0 Å². The highest BCUT2D eigenvalue weighted by Gasteiger charge is 2.12. The standard InChI is InChI=1S/C22H33N5O.HI/c1-23-22(25-13-15-28-21-6-4-2-3-5-7-21)26-16-19-8-10-20(11-9-19)17-27-14-12-24-18-27;/h8-12,14,18,21H,2-7,13,15-17H2,1H3,(H2,23,25,26);1H. The summed E-state index contributed by atoms with van der Waals surface area (Å²) in [6.07, 6.45) is 13.8. The molecule has 160 valence electrons. The fourth-order valence-corrected chi connectivity index (χ4v) is 3.56. The van der Waals surface area contributed by atoms with E-state index in [0.29, 0.717) is 6.10 Å². The van der Waals surface area contributed by atoms with Crippen molar-refractivity contribution in [3.63, 3.8) is 0 Å². The Labute approximate surface area is 191 Å². The van der Waals surface area contributed by atoms with Gasteiger partial charge in [0.15, 0.2) is 5.96 Å². The molecule has 2 N–H and O–H groups in total. The first-order valence-corrected chi connectivity index (χ1v) is 10.4. The lowest BCUT2D eigenvalue weighted by molar-refractivity contribution is 0.0468. The fourth-order valence-electron chi connectivity index (χ4n) is 3.56. The number of hydrogen-bond donors (Lipinski definition) is 2. The van der Waals surface area contributed by atoms with Crippen molar-refractivity contribution in [2.24, 2.45) is 4.99 Å². The van der Waals surface area contributed by atoms with E-state index in [4.69, 9.17) is 4.74 Å². The zero-order valence-corrected chi connectivity index (χ0v) is 19.7. The van der Waals surface area contributed by atoms with Gasteiger partial charge in [0.25, 0.3) is 0 Å². The molecule has 1 aliphatic carbocycles. The van der Waals surface area contributed by atoms with Crippen LogP contribution in [0.3, 0.4) is 0 Å². The van der Waals surface area contributed by atoms with E-state index in [1.165, 1.54) is 49.7 Å². The van der Waals surface area contributed by atoms with Crippen LogP contribution in [0.15, 0.2) is 48.0 Å². The lowest BCUT2D eigenvalue weighted by Crippen LogP contribution is -2.38. The minimum absolute atomic E-state index is 0. The Bertz CT molecular complexity index is 695. The van der Waals surface area contributed by atoms with Crippen molar-refractivity contribution in [1.82, 2.24) is 20.2 Å². The Balaban J connectivity index is 0.00000300. The zero-order chi connectivity index (χ0) is 19.4. The van der Waals surface area contributed by atoms with Gasteiger partial charge in [0.2, 0.25) is 0 Å². The molecule has 0 radical (unpaired) electrons. The van der Waals surface area contributed by atoms with E-state index in [1.807, 2.05) is 12.5 Å². The van der Waals surface area contributed by atoms with Crippen molar-refractivity contribution in [1.29, 1.82) is 0 Å². The van der Waals surface area contributed by atoms with E-state index in [9.17, 15) is 0 Å². The number of aromatic nitrogens is 2. The van der Waals surface area contributed by atoms with Gasteiger partial charge in [-0.2, -0.15) is 0 Å². The molecule has 7 heteroatoms. The van der Waals surface area contributed by atoms with Crippen LogP contribution in [-0.2, 0) is 17.8 Å². The molecular formula is C22H34IN5O.